The molecule has 0 aliphatic carbocycles. The molecule has 0 spiro atoms. The SMILES string of the molecule is CN(C)CCCOc1cc(-c2nccnc2-c2ccccc2CN)ccc1Cl. The summed E-state index contributed by atoms with van der Waals surface area (Å²) in [4.78, 5) is 11.3. The normalized spacial score (nSPS) is 11.0. The van der Waals surface area contributed by atoms with Gasteiger partial charge in [-0.1, -0.05) is 41.9 Å². The maximum absolute atomic E-state index is 6.34. The standard InChI is InChI=1S/C22H25ClN4O/c1-27(2)12-5-13-28-20-14-16(8-9-19(20)23)21-22(26-11-10-25-21)18-7-4-3-6-17(18)15-24/h3-4,6-11,14H,5,12-13,15,24H2,1-2H3. The van der Waals surface area contributed by atoms with Crippen molar-refractivity contribution in [3.63, 3.8) is 0 Å². The van der Waals surface area contributed by atoms with E-state index in [1.165, 1.54) is 0 Å². The molecule has 1 aromatic heterocycles. The molecule has 0 aliphatic heterocycles. The molecule has 0 saturated carbocycles. The Bertz CT molecular complexity index is 930. The minimum Gasteiger partial charge on any atom is -0.492 e. The van der Waals surface area contributed by atoms with Gasteiger partial charge < -0.3 is 15.4 Å². The molecule has 0 radical (unpaired) electrons. The van der Waals surface area contributed by atoms with Gasteiger partial charge in [-0.05, 0) is 38.2 Å². The minimum atomic E-state index is 0.438. The van der Waals surface area contributed by atoms with Crippen molar-refractivity contribution < 1.29 is 4.74 Å². The smallest absolute Gasteiger partial charge is 0.138 e. The summed E-state index contributed by atoms with van der Waals surface area (Å²) in [5.74, 6) is 0.654. The zero-order valence-corrected chi connectivity index (χ0v) is 17.0. The van der Waals surface area contributed by atoms with Gasteiger partial charge in [0.1, 0.15) is 5.75 Å². The first-order chi connectivity index (χ1) is 13.6. The molecule has 1 heterocycles. The summed E-state index contributed by atoms with van der Waals surface area (Å²) in [6.07, 6.45) is 4.31. The van der Waals surface area contributed by atoms with Gasteiger partial charge in [0.2, 0.25) is 0 Å². The third-order valence-corrected chi connectivity index (χ3v) is 4.71. The molecule has 0 saturated heterocycles. The summed E-state index contributed by atoms with van der Waals surface area (Å²) in [5.41, 5.74) is 10.4. The molecular formula is C22H25ClN4O. The number of ether oxygens (including phenoxy) is 1. The number of rotatable bonds is 8. The fourth-order valence-electron chi connectivity index (χ4n) is 3.00. The van der Waals surface area contributed by atoms with E-state index in [1.807, 2.05) is 56.6 Å². The lowest BCUT2D eigenvalue weighted by molar-refractivity contribution is 0.282. The van der Waals surface area contributed by atoms with Crippen LogP contribution in [-0.2, 0) is 6.54 Å². The molecule has 6 heteroatoms. The number of benzene rings is 2. The molecule has 0 aliphatic rings. The Morgan fingerprint density at radius 1 is 1.04 bits per heavy atom. The summed E-state index contributed by atoms with van der Waals surface area (Å²) in [7, 11) is 4.09. The second-order valence-corrected chi connectivity index (χ2v) is 7.17. The number of hydrogen-bond donors (Lipinski definition) is 1. The van der Waals surface area contributed by atoms with Crippen LogP contribution in [0.1, 0.15) is 12.0 Å². The Morgan fingerprint density at radius 3 is 2.54 bits per heavy atom. The molecule has 0 bridgehead atoms. The van der Waals surface area contributed by atoms with Gasteiger partial charge in [-0.2, -0.15) is 0 Å². The first-order valence-electron chi connectivity index (χ1n) is 9.27. The fourth-order valence-corrected chi connectivity index (χ4v) is 3.17. The van der Waals surface area contributed by atoms with E-state index in [-0.39, 0.29) is 0 Å². The van der Waals surface area contributed by atoms with Crippen molar-refractivity contribution in [2.24, 2.45) is 5.73 Å². The quantitative estimate of drug-likeness (QED) is 0.576. The molecule has 28 heavy (non-hydrogen) atoms. The highest BCUT2D eigenvalue weighted by molar-refractivity contribution is 6.32. The van der Waals surface area contributed by atoms with Crippen molar-refractivity contribution in [3.05, 3.63) is 65.4 Å². The second kappa shape index (κ2) is 9.64. The van der Waals surface area contributed by atoms with Gasteiger partial charge in [-0.15, -0.1) is 0 Å². The lowest BCUT2D eigenvalue weighted by atomic mass is 9.99. The third kappa shape index (κ3) is 4.87. The summed E-state index contributed by atoms with van der Waals surface area (Å²) in [6, 6.07) is 13.7. The van der Waals surface area contributed by atoms with E-state index < -0.39 is 0 Å². The second-order valence-electron chi connectivity index (χ2n) is 6.77. The van der Waals surface area contributed by atoms with Crippen molar-refractivity contribution >= 4 is 11.6 Å². The lowest BCUT2D eigenvalue weighted by Gasteiger charge is -2.14. The number of halogens is 1. The monoisotopic (exact) mass is 396 g/mol. The number of hydrogen-bond acceptors (Lipinski definition) is 5. The molecule has 0 unspecified atom stereocenters. The van der Waals surface area contributed by atoms with E-state index in [0.29, 0.717) is 23.9 Å². The van der Waals surface area contributed by atoms with Crippen LogP contribution in [0.25, 0.3) is 22.5 Å². The number of nitrogens with zero attached hydrogens (tertiary/aromatic N) is 3. The minimum absolute atomic E-state index is 0.438. The number of nitrogens with two attached hydrogens (primary N) is 1. The zero-order valence-electron chi connectivity index (χ0n) is 16.2. The first kappa shape index (κ1) is 20.3. The molecule has 3 aromatic rings. The van der Waals surface area contributed by atoms with Crippen molar-refractivity contribution in [2.75, 3.05) is 27.2 Å². The van der Waals surface area contributed by atoms with E-state index in [4.69, 9.17) is 22.1 Å². The van der Waals surface area contributed by atoms with Gasteiger partial charge >= 0.3 is 0 Å². The van der Waals surface area contributed by atoms with Gasteiger partial charge in [0.05, 0.1) is 23.0 Å². The highest BCUT2D eigenvalue weighted by Crippen LogP contribution is 2.34. The number of aromatic nitrogens is 2. The van der Waals surface area contributed by atoms with Gasteiger partial charge in [-0.3, -0.25) is 9.97 Å². The largest absolute Gasteiger partial charge is 0.492 e. The average molecular weight is 397 g/mol. The zero-order chi connectivity index (χ0) is 19.9. The molecule has 0 atom stereocenters. The Hall–Kier alpha value is -2.47. The van der Waals surface area contributed by atoms with Crippen LogP contribution in [0.3, 0.4) is 0 Å². The molecule has 146 valence electrons. The Labute approximate surface area is 171 Å². The van der Waals surface area contributed by atoms with Crippen molar-refractivity contribution in [1.82, 2.24) is 14.9 Å². The van der Waals surface area contributed by atoms with Crippen LogP contribution in [0, 0.1) is 0 Å². The van der Waals surface area contributed by atoms with E-state index in [9.17, 15) is 0 Å². The van der Waals surface area contributed by atoms with Gasteiger partial charge in [0.15, 0.2) is 0 Å². The first-order valence-corrected chi connectivity index (χ1v) is 9.64. The molecular weight excluding hydrogens is 372 g/mol. The maximum atomic E-state index is 6.34. The van der Waals surface area contributed by atoms with Crippen LogP contribution in [-0.4, -0.2) is 42.1 Å². The Balaban J connectivity index is 1.93. The molecule has 0 fully saturated rings. The van der Waals surface area contributed by atoms with Crippen LogP contribution >= 0.6 is 11.6 Å². The summed E-state index contributed by atoms with van der Waals surface area (Å²) >= 11 is 6.34. The van der Waals surface area contributed by atoms with Crippen LogP contribution in [0.5, 0.6) is 5.75 Å². The van der Waals surface area contributed by atoms with E-state index in [0.717, 1.165) is 41.0 Å². The topological polar surface area (TPSA) is 64.3 Å². The van der Waals surface area contributed by atoms with E-state index in [2.05, 4.69) is 14.9 Å². The summed E-state index contributed by atoms with van der Waals surface area (Å²) < 4.78 is 5.91. The molecule has 3 rings (SSSR count). The van der Waals surface area contributed by atoms with Crippen molar-refractivity contribution in [2.45, 2.75) is 13.0 Å². The van der Waals surface area contributed by atoms with Gasteiger partial charge in [0.25, 0.3) is 0 Å². The van der Waals surface area contributed by atoms with Gasteiger partial charge in [-0.25, -0.2) is 0 Å². The predicted molar refractivity (Wildman–Crippen MR) is 114 cm³/mol. The van der Waals surface area contributed by atoms with Gasteiger partial charge in [0, 0.05) is 36.6 Å². The predicted octanol–water partition coefficient (Wildman–Crippen LogP) is 4.25. The fraction of sp³-hybridized carbons (Fsp3) is 0.273. The van der Waals surface area contributed by atoms with Crippen LogP contribution in [0.4, 0.5) is 0 Å². The molecule has 2 N–H and O–H groups in total. The maximum Gasteiger partial charge on any atom is 0.138 e. The van der Waals surface area contributed by atoms with Crippen molar-refractivity contribution in [3.8, 4) is 28.3 Å². The Morgan fingerprint density at radius 2 is 1.79 bits per heavy atom. The molecule has 2 aromatic carbocycles. The van der Waals surface area contributed by atoms with Crippen LogP contribution < -0.4 is 10.5 Å². The highest BCUT2D eigenvalue weighted by Gasteiger charge is 2.14. The van der Waals surface area contributed by atoms with Crippen LogP contribution in [0.2, 0.25) is 5.02 Å². The highest BCUT2D eigenvalue weighted by atomic mass is 35.5. The lowest BCUT2D eigenvalue weighted by Crippen LogP contribution is -2.15. The van der Waals surface area contributed by atoms with E-state index >= 15 is 0 Å². The van der Waals surface area contributed by atoms with Crippen molar-refractivity contribution in [1.29, 1.82) is 0 Å². The third-order valence-electron chi connectivity index (χ3n) is 4.40. The summed E-state index contributed by atoms with van der Waals surface area (Å²) in [5, 5.41) is 0.585. The molecule has 0 amide bonds. The summed E-state index contributed by atoms with van der Waals surface area (Å²) in [6.45, 7) is 2.00. The van der Waals surface area contributed by atoms with E-state index in [1.54, 1.807) is 12.4 Å². The average Bonchev–Trinajstić information content (AvgIpc) is 2.72. The Kier molecular flexibility index (Phi) is 6.98. The molecule has 5 nitrogen and oxygen atoms in total. The van der Waals surface area contributed by atoms with Crippen LogP contribution in [0.15, 0.2) is 54.9 Å².